The number of carbonyl (C=O) groups is 1. The Balaban J connectivity index is 1.60. The molecule has 2 saturated heterocycles. The maximum atomic E-state index is 13.1. The van der Waals surface area contributed by atoms with Gasteiger partial charge >= 0.3 is 0 Å². The molecule has 1 amide bonds. The smallest absolute Gasteiger partial charge is 0.273 e. The first kappa shape index (κ1) is 14.7. The van der Waals surface area contributed by atoms with Crippen LogP contribution < -0.4 is 5.32 Å². The molecule has 6 nitrogen and oxygen atoms in total. The zero-order chi connectivity index (χ0) is 15.6. The molecule has 4 rings (SSSR count). The van der Waals surface area contributed by atoms with Crippen LogP contribution in [0.2, 0.25) is 0 Å². The number of amides is 1. The lowest BCUT2D eigenvalue weighted by molar-refractivity contribution is 0.0325. The third kappa shape index (κ3) is 2.84. The van der Waals surface area contributed by atoms with E-state index in [0.717, 1.165) is 51.1 Å². The number of nitrogens with zero attached hydrogens (tertiary/aromatic N) is 2. The van der Waals surface area contributed by atoms with Crippen LogP contribution >= 0.6 is 0 Å². The molecule has 1 N–H and O–H groups in total. The SMILES string of the molecule is O=C(c1nccc2occc12)N(CC1CCOCC1)C1CNC1. The molecule has 23 heavy (non-hydrogen) atoms. The van der Waals surface area contributed by atoms with Crippen molar-refractivity contribution in [3.05, 3.63) is 30.3 Å². The van der Waals surface area contributed by atoms with Gasteiger partial charge in [0.15, 0.2) is 0 Å². The molecule has 4 heterocycles. The standard InChI is InChI=1S/C17H21N3O3/c21-17(16-14-4-8-23-15(14)1-5-19-16)20(13-9-18-10-13)11-12-2-6-22-7-3-12/h1,4-5,8,12-13,18H,2-3,6-7,9-11H2. The Bertz CT molecular complexity index is 689. The van der Waals surface area contributed by atoms with Gasteiger partial charge in [0.25, 0.3) is 5.91 Å². The van der Waals surface area contributed by atoms with Gasteiger partial charge in [-0.15, -0.1) is 0 Å². The fourth-order valence-corrected chi connectivity index (χ4v) is 3.30. The van der Waals surface area contributed by atoms with E-state index in [-0.39, 0.29) is 11.9 Å². The average Bonchev–Trinajstić information content (AvgIpc) is 3.01. The molecule has 0 saturated carbocycles. The minimum atomic E-state index is 0.00925. The van der Waals surface area contributed by atoms with Crippen LogP contribution in [-0.2, 0) is 4.74 Å². The van der Waals surface area contributed by atoms with Crippen molar-refractivity contribution in [3.8, 4) is 0 Å². The number of carbonyl (C=O) groups excluding carboxylic acids is 1. The molecule has 0 atom stereocenters. The van der Waals surface area contributed by atoms with E-state index >= 15 is 0 Å². The monoisotopic (exact) mass is 315 g/mol. The normalized spacial score (nSPS) is 19.7. The van der Waals surface area contributed by atoms with Crippen molar-refractivity contribution in [1.29, 1.82) is 0 Å². The van der Waals surface area contributed by atoms with Crippen molar-refractivity contribution < 1.29 is 13.9 Å². The van der Waals surface area contributed by atoms with Gasteiger partial charge in [0.05, 0.1) is 17.7 Å². The Morgan fingerprint density at radius 1 is 1.30 bits per heavy atom. The first-order valence-electron chi connectivity index (χ1n) is 8.24. The van der Waals surface area contributed by atoms with E-state index in [1.165, 1.54) is 0 Å². The van der Waals surface area contributed by atoms with Crippen molar-refractivity contribution in [2.24, 2.45) is 5.92 Å². The third-order valence-electron chi connectivity index (χ3n) is 4.84. The molecule has 0 aliphatic carbocycles. The Kier molecular flexibility index (Phi) is 4.01. The van der Waals surface area contributed by atoms with Crippen LogP contribution in [0.25, 0.3) is 11.0 Å². The Hall–Kier alpha value is -1.92. The predicted molar refractivity (Wildman–Crippen MR) is 85.2 cm³/mol. The first-order valence-corrected chi connectivity index (χ1v) is 8.24. The molecule has 2 aliphatic rings. The van der Waals surface area contributed by atoms with Crippen molar-refractivity contribution in [2.45, 2.75) is 18.9 Å². The molecular weight excluding hydrogens is 294 g/mol. The lowest BCUT2D eigenvalue weighted by atomic mass is 9.97. The first-order chi connectivity index (χ1) is 11.3. The number of furan rings is 1. The highest BCUT2D eigenvalue weighted by Crippen LogP contribution is 2.23. The fraction of sp³-hybridized carbons (Fsp3) is 0.529. The van der Waals surface area contributed by atoms with Gasteiger partial charge < -0.3 is 19.4 Å². The lowest BCUT2D eigenvalue weighted by Crippen LogP contribution is -2.60. The maximum absolute atomic E-state index is 13.1. The van der Waals surface area contributed by atoms with Crippen molar-refractivity contribution in [2.75, 3.05) is 32.8 Å². The molecule has 6 heteroatoms. The van der Waals surface area contributed by atoms with Crippen molar-refractivity contribution in [3.63, 3.8) is 0 Å². The van der Waals surface area contributed by atoms with E-state index in [9.17, 15) is 4.79 Å². The van der Waals surface area contributed by atoms with Gasteiger partial charge in [-0.05, 0) is 30.9 Å². The summed E-state index contributed by atoms with van der Waals surface area (Å²) in [6, 6.07) is 3.87. The van der Waals surface area contributed by atoms with E-state index in [0.29, 0.717) is 17.2 Å². The quantitative estimate of drug-likeness (QED) is 0.929. The van der Waals surface area contributed by atoms with Gasteiger partial charge in [-0.25, -0.2) is 0 Å². The molecule has 0 radical (unpaired) electrons. The highest BCUT2D eigenvalue weighted by atomic mass is 16.5. The highest BCUT2D eigenvalue weighted by molar-refractivity contribution is 6.04. The molecule has 122 valence electrons. The maximum Gasteiger partial charge on any atom is 0.273 e. The average molecular weight is 315 g/mol. The lowest BCUT2D eigenvalue weighted by Gasteiger charge is -2.40. The summed E-state index contributed by atoms with van der Waals surface area (Å²) in [5.74, 6) is 0.520. The molecule has 0 aromatic carbocycles. The summed E-state index contributed by atoms with van der Waals surface area (Å²) >= 11 is 0. The number of nitrogens with one attached hydrogen (secondary N) is 1. The number of aromatic nitrogens is 1. The summed E-state index contributed by atoms with van der Waals surface area (Å²) in [6.45, 7) is 4.09. The summed E-state index contributed by atoms with van der Waals surface area (Å²) in [5.41, 5.74) is 1.20. The summed E-state index contributed by atoms with van der Waals surface area (Å²) in [5, 5.41) is 4.05. The summed E-state index contributed by atoms with van der Waals surface area (Å²) in [6.07, 6.45) is 5.29. The fourth-order valence-electron chi connectivity index (χ4n) is 3.30. The Morgan fingerprint density at radius 2 is 2.13 bits per heavy atom. The number of ether oxygens (including phenoxy) is 1. The van der Waals surface area contributed by atoms with Crippen LogP contribution in [0.5, 0.6) is 0 Å². The predicted octanol–water partition coefficient (Wildman–Crippen LogP) is 1.67. The summed E-state index contributed by atoms with van der Waals surface area (Å²) in [7, 11) is 0. The second-order valence-corrected chi connectivity index (χ2v) is 6.32. The van der Waals surface area contributed by atoms with E-state index < -0.39 is 0 Å². The Morgan fingerprint density at radius 3 is 2.87 bits per heavy atom. The Labute approximate surface area is 134 Å². The number of fused-ring (bicyclic) bond motifs is 1. The van der Waals surface area contributed by atoms with E-state index in [2.05, 4.69) is 10.3 Å². The van der Waals surface area contributed by atoms with Crippen LogP contribution in [0.15, 0.2) is 29.0 Å². The largest absolute Gasteiger partial charge is 0.464 e. The topological polar surface area (TPSA) is 67.6 Å². The van der Waals surface area contributed by atoms with Gasteiger partial charge in [-0.2, -0.15) is 0 Å². The summed E-state index contributed by atoms with van der Waals surface area (Å²) in [4.78, 5) is 19.5. The molecule has 2 aromatic rings. The summed E-state index contributed by atoms with van der Waals surface area (Å²) < 4.78 is 10.8. The second kappa shape index (κ2) is 6.29. The molecular formula is C17H21N3O3. The van der Waals surface area contributed by atoms with Gasteiger partial charge in [-0.3, -0.25) is 9.78 Å². The van der Waals surface area contributed by atoms with Gasteiger partial charge in [0, 0.05) is 39.0 Å². The molecule has 2 fully saturated rings. The molecule has 2 aromatic heterocycles. The van der Waals surface area contributed by atoms with E-state index in [1.807, 2.05) is 11.0 Å². The van der Waals surface area contributed by atoms with Crippen LogP contribution in [0.3, 0.4) is 0 Å². The second-order valence-electron chi connectivity index (χ2n) is 6.32. The number of rotatable bonds is 4. The van der Waals surface area contributed by atoms with Crippen LogP contribution in [-0.4, -0.2) is 54.7 Å². The van der Waals surface area contributed by atoms with Crippen LogP contribution in [0, 0.1) is 5.92 Å². The molecule has 0 spiro atoms. The highest BCUT2D eigenvalue weighted by Gasteiger charge is 2.33. The molecule has 0 bridgehead atoms. The van der Waals surface area contributed by atoms with E-state index in [4.69, 9.17) is 9.15 Å². The van der Waals surface area contributed by atoms with Crippen molar-refractivity contribution in [1.82, 2.24) is 15.2 Å². The molecule has 0 unspecified atom stereocenters. The van der Waals surface area contributed by atoms with Crippen LogP contribution in [0.1, 0.15) is 23.3 Å². The minimum Gasteiger partial charge on any atom is -0.464 e. The van der Waals surface area contributed by atoms with Gasteiger partial charge in [0.2, 0.25) is 0 Å². The van der Waals surface area contributed by atoms with Crippen LogP contribution in [0.4, 0.5) is 0 Å². The number of hydrogen-bond acceptors (Lipinski definition) is 5. The number of hydrogen-bond donors (Lipinski definition) is 1. The number of pyridine rings is 1. The minimum absolute atomic E-state index is 0.00925. The van der Waals surface area contributed by atoms with E-state index in [1.54, 1.807) is 18.5 Å². The zero-order valence-electron chi connectivity index (χ0n) is 13.0. The van der Waals surface area contributed by atoms with Gasteiger partial charge in [-0.1, -0.05) is 0 Å². The zero-order valence-corrected chi connectivity index (χ0v) is 13.0. The van der Waals surface area contributed by atoms with Gasteiger partial charge in [0.1, 0.15) is 11.3 Å². The van der Waals surface area contributed by atoms with Crippen molar-refractivity contribution >= 4 is 16.9 Å². The third-order valence-corrected chi connectivity index (χ3v) is 4.84. The molecule has 2 aliphatic heterocycles.